The third kappa shape index (κ3) is 6.85. The molecule has 0 saturated heterocycles. The number of fused-ring (bicyclic) bond motifs is 1. The van der Waals surface area contributed by atoms with Gasteiger partial charge in [0.1, 0.15) is 12.6 Å². The number of amides is 2. The Morgan fingerprint density at radius 2 is 1.69 bits per heavy atom. The lowest BCUT2D eigenvalue weighted by molar-refractivity contribution is -0.139. The summed E-state index contributed by atoms with van der Waals surface area (Å²) >= 11 is 0. The summed E-state index contributed by atoms with van der Waals surface area (Å²) in [6, 6.07) is 19.8. The third-order valence-electron chi connectivity index (χ3n) is 6.15. The van der Waals surface area contributed by atoms with Crippen LogP contribution >= 0.6 is 0 Å². The molecule has 0 fully saturated rings. The molecule has 7 nitrogen and oxygen atoms in total. The van der Waals surface area contributed by atoms with Crippen molar-refractivity contribution in [2.45, 2.75) is 46.2 Å². The maximum atomic E-state index is 13.7. The van der Waals surface area contributed by atoms with Gasteiger partial charge in [-0.15, -0.1) is 0 Å². The maximum absolute atomic E-state index is 13.7. The monoisotopic (exact) mass is 509 g/mol. The van der Waals surface area contributed by atoms with Crippen LogP contribution in [-0.2, 0) is 26.2 Å². The van der Waals surface area contributed by atoms with Crippen LogP contribution in [0.1, 0.15) is 37.8 Å². The second kappa shape index (κ2) is 12.0. The van der Waals surface area contributed by atoms with Gasteiger partial charge in [-0.25, -0.2) is 8.42 Å². The smallest absolute Gasteiger partial charge is 0.244 e. The molecule has 3 aromatic rings. The van der Waals surface area contributed by atoms with Crippen molar-refractivity contribution in [2.24, 2.45) is 0 Å². The van der Waals surface area contributed by atoms with Crippen LogP contribution in [0.2, 0.25) is 0 Å². The summed E-state index contributed by atoms with van der Waals surface area (Å²) in [7, 11) is -3.80. The van der Waals surface area contributed by atoms with Gasteiger partial charge in [0.25, 0.3) is 0 Å². The summed E-state index contributed by atoms with van der Waals surface area (Å²) in [5.74, 6) is -0.714. The lowest BCUT2D eigenvalue weighted by Crippen LogP contribution is -2.51. The lowest BCUT2D eigenvalue weighted by atomic mass is 10.1. The van der Waals surface area contributed by atoms with E-state index in [4.69, 9.17) is 0 Å². The van der Waals surface area contributed by atoms with Crippen LogP contribution in [0, 0.1) is 6.92 Å². The molecule has 0 heterocycles. The third-order valence-corrected chi connectivity index (χ3v) is 7.27. The van der Waals surface area contributed by atoms with E-state index in [1.165, 1.54) is 4.90 Å². The summed E-state index contributed by atoms with van der Waals surface area (Å²) in [4.78, 5) is 28.1. The van der Waals surface area contributed by atoms with E-state index in [9.17, 15) is 18.0 Å². The number of carbonyl (C=O) groups excluding carboxylic acids is 2. The molecule has 8 heteroatoms. The number of aryl methyl sites for hydroxylation is 1. The number of hydrogen-bond donors (Lipinski definition) is 1. The molecular formula is C28H35N3O4S. The van der Waals surface area contributed by atoms with Gasteiger partial charge in [0.2, 0.25) is 21.8 Å². The van der Waals surface area contributed by atoms with Crippen LogP contribution in [-0.4, -0.2) is 50.5 Å². The molecule has 0 radical (unpaired) electrons. The fourth-order valence-electron chi connectivity index (χ4n) is 4.15. The zero-order valence-corrected chi connectivity index (χ0v) is 22.2. The van der Waals surface area contributed by atoms with Gasteiger partial charge in [-0.05, 0) is 37.3 Å². The number of anilines is 1. The van der Waals surface area contributed by atoms with E-state index in [-0.39, 0.29) is 12.5 Å². The van der Waals surface area contributed by atoms with Crippen LogP contribution in [0.25, 0.3) is 10.8 Å². The van der Waals surface area contributed by atoms with Crippen molar-refractivity contribution in [3.05, 3.63) is 77.9 Å². The van der Waals surface area contributed by atoms with E-state index < -0.39 is 28.5 Å². The summed E-state index contributed by atoms with van der Waals surface area (Å²) in [5, 5.41) is 4.49. The molecule has 0 aliphatic rings. The normalized spacial score (nSPS) is 12.2. The molecule has 0 bridgehead atoms. The molecular weight excluding hydrogens is 474 g/mol. The number of rotatable bonds is 11. The van der Waals surface area contributed by atoms with Crippen LogP contribution in [0.5, 0.6) is 0 Å². The Morgan fingerprint density at radius 1 is 1.00 bits per heavy atom. The average Bonchev–Trinajstić information content (AvgIpc) is 2.84. The van der Waals surface area contributed by atoms with Crippen LogP contribution < -0.4 is 9.62 Å². The van der Waals surface area contributed by atoms with Gasteiger partial charge in [-0.2, -0.15) is 0 Å². The molecule has 0 unspecified atom stereocenters. The lowest BCUT2D eigenvalue weighted by Gasteiger charge is -2.32. The predicted molar refractivity (Wildman–Crippen MR) is 145 cm³/mol. The topological polar surface area (TPSA) is 86.8 Å². The van der Waals surface area contributed by atoms with Crippen molar-refractivity contribution in [2.75, 3.05) is 23.7 Å². The molecule has 1 atom stereocenters. The number of hydrogen-bond acceptors (Lipinski definition) is 4. The van der Waals surface area contributed by atoms with Crippen LogP contribution in [0.15, 0.2) is 66.7 Å². The Labute approximate surface area is 214 Å². The summed E-state index contributed by atoms with van der Waals surface area (Å²) in [6.45, 7) is 5.98. The average molecular weight is 510 g/mol. The first-order chi connectivity index (χ1) is 17.1. The number of benzene rings is 3. The zero-order chi connectivity index (χ0) is 26.3. The van der Waals surface area contributed by atoms with Crippen molar-refractivity contribution >= 4 is 38.3 Å². The minimum Gasteiger partial charge on any atom is -0.354 e. The van der Waals surface area contributed by atoms with E-state index in [1.54, 1.807) is 19.1 Å². The number of sulfonamides is 1. The number of nitrogens with zero attached hydrogens (tertiary/aromatic N) is 2. The second-order valence-electron chi connectivity index (χ2n) is 9.10. The molecule has 0 aliphatic heterocycles. The van der Waals surface area contributed by atoms with Crippen LogP contribution in [0.3, 0.4) is 0 Å². The Hall–Kier alpha value is -3.39. The van der Waals surface area contributed by atoms with Gasteiger partial charge in [-0.1, -0.05) is 79.6 Å². The van der Waals surface area contributed by atoms with E-state index in [0.29, 0.717) is 12.2 Å². The van der Waals surface area contributed by atoms with Gasteiger partial charge in [0, 0.05) is 18.5 Å². The van der Waals surface area contributed by atoms with E-state index in [1.807, 2.05) is 68.4 Å². The number of carbonyl (C=O) groups is 2. The van der Waals surface area contributed by atoms with Crippen molar-refractivity contribution < 1.29 is 18.0 Å². The molecule has 3 aromatic carbocycles. The highest BCUT2D eigenvalue weighted by Crippen LogP contribution is 2.28. The first kappa shape index (κ1) is 27.2. The van der Waals surface area contributed by atoms with Crippen molar-refractivity contribution in [1.29, 1.82) is 0 Å². The summed E-state index contributed by atoms with van der Waals surface area (Å²) in [5.41, 5.74) is 2.33. The van der Waals surface area contributed by atoms with Gasteiger partial charge < -0.3 is 10.2 Å². The fraction of sp³-hybridized carbons (Fsp3) is 0.357. The maximum Gasteiger partial charge on any atom is 0.244 e. The Kier molecular flexibility index (Phi) is 9.09. The number of nitrogens with one attached hydrogen (secondary N) is 1. The van der Waals surface area contributed by atoms with Crippen molar-refractivity contribution in [1.82, 2.24) is 10.2 Å². The zero-order valence-electron chi connectivity index (χ0n) is 21.4. The standard InChI is InChI=1S/C28H35N3O4S/c1-5-6-17-29-28(33)22(3)30(19-23-12-9-11-21(2)18-23)27(32)20-31(36(4,34)35)26-16-10-14-24-13-7-8-15-25(24)26/h7-16,18,22H,5-6,17,19-20H2,1-4H3,(H,29,33)/t22-/m1/s1. The molecule has 1 N–H and O–H groups in total. The highest BCUT2D eigenvalue weighted by Gasteiger charge is 2.30. The Bertz CT molecular complexity index is 1320. The Morgan fingerprint density at radius 3 is 2.39 bits per heavy atom. The van der Waals surface area contributed by atoms with E-state index in [2.05, 4.69) is 5.32 Å². The Balaban J connectivity index is 1.96. The predicted octanol–water partition coefficient (Wildman–Crippen LogP) is 4.25. The molecule has 0 spiro atoms. The van der Waals surface area contributed by atoms with Gasteiger partial charge in [0.05, 0.1) is 11.9 Å². The van der Waals surface area contributed by atoms with E-state index in [0.717, 1.165) is 45.3 Å². The first-order valence-electron chi connectivity index (χ1n) is 12.2. The molecule has 3 rings (SSSR count). The molecule has 0 saturated carbocycles. The van der Waals surface area contributed by atoms with Crippen molar-refractivity contribution in [3.8, 4) is 0 Å². The van der Waals surface area contributed by atoms with Gasteiger partial charge >= 0.3 is 0 Å². The molecule has 192 valence electrons. The molecule has 0 aliphatic carbocycles. The van der Waals surface area contributed by atoms with Gasteiger partial charge in [-0.3, -0.25) is 13.9 Å². The number of unbranched alkanes of at least 4 members (excludes halogenated alkanes) is 1. The quantitative estimate of drug-likeness (QED) is 0.392. The minimum absolute atomic E-state index is 0.190. The fourth-order valence-corrected chi connectivity index (χ4v) is 5.01. The first-order valence-corrected chi connectivity index (χ1v) is 14.0. The molecule has 0 aromatic heterocycles. The minimum atomic E-state index is -3.80. The highest BCUT2D eigenvalue weighted by atomic mass is 32.2. The molecule has 2 amide bonds. The molecule has 36 heavy (non-hydrogen) atoms. The highest BCUT2D eigenvalue weighted by molar-refractivity contribution is 7.92. The SMILES string of the molecule is CCCCNC(=O)[C@@H](C)N(Cc1cccc(C)c1)C(=O)CN(c1cccc2ccccc12)S(C)(=O)=O. The summed E-state index contributed by atoms with van der Waals surface area (Å²) < 4.78 is 26.9. The summed E-state index contributed by atoms with van der Waals surface area (Å²) in [6.07, 6.45) is 2.87. The van der Waals surface area contributed by atoms with Crippen molar-refractivity contribution in [3.63, 3.8) is 0 Å². The van der Waals surface area contributed by atoms with Gasteiger partial charge in [0.15, 0.2) is 0 Å². The van der Waals surface area contributed by atoms with E-state index >= 15 is 0 Å². The second-order valence-corrected chi connectivity index (χ2v) is 11.0. The van der Waals surface area contributed by atoms with Crippen LogP contribution in [0.4, 0.5) is 5.69 Å². The largest absolute Gasteiger partial charge is 0.354 e.